The molecule has 1 aromatic rings. The van der Waals surface area contributed by atoms with Crippen LogP contribution in [0.25, 0.3) is 0 Å². The first-order chi connectivity index (χ1) is 12.2. The average Bonchev–Trinajstić information content (AvgIpc) is 2.90. The Kier molecular flexibility index (Phi) is 6.39. The van der Waals surface area contributed by atoms with Crippen molar-refractivity contribution in [3.05, 3.63) is 22.7 Å². The molecule has 1 fully saturated rings. The zero-order valence-electron chi connectivity index (χ0n) is 18.2. The first-order valence-corrected chi connectivity index (χ1v) is 10.5. The summed E-state index contributed by atoms with van der Waals surface area (Å²) in [5, 5.41) is 0. The minimum atomic E-state index is -0.310. The van der Waals surface area contributed by atoms with Crippen molar-refractivity contribution in [1.29, 1.82) is 0 Å². The Labute approximate surface area is 167 Å². The summed E-state index contributed by atoms with van der Waals surface area (Å²) in [7, 11) is 0. The number of anilines is 1. The number of hydrogen-bond acceptors (Lipinski definition) is 6. The molecule has 0 amide bonds. The molecule has 0 unspecified atom stereocenters. The smallest absolute Gasteiger partial charge is 0.351 e. The molecule has 0 spiro atoms. The summed E-state index contributed by atoms with van der Waals surface area (Å²) in [5.74, 6) is 1.40. The van der Waals surface area contributed by atoms with Crippen LogP contribution in [-0.4, -0.2) is 44.0 Å². The lowest BCUT2D eigenvalue weighted by molar-refractivity contribution is -0.0684. The van der Waals surface area contributed by atoms with Gasteiger partial charge in [-0.25, -0.2) is 4.79 Å². The van der Waals surface area contributed by atoms with E-state index >= 15 is 0 Å². The van der Waals surface area contributed by atoms with Crippen LogP contribution in [0.1, 0.15) is 68.5 Å². The van der Waals surface area contributed by atoms with Crippen LogP contribution in [0, 0.1) is 0 Å². The van der Waals surface area contributed by atoms with E-state index in [1.165, 1.54) is 0 Å². The fourth-order valence-electron chi connectivity index (χ4n) is 3.44. The van der Waals surface area contributed by atoms with Crippen LogP contribution in [0.3, 0.4) is 0 Å². The third kappa shape index (κ3) is 5.96. The molecule has 2 rings (SSSR count). The molecule has 0 aromatic carbocycles. The summed E-state index contributed by atoms with van der Waals surface area (Å²) < 4.78 is 13.4. The fourth-order valence-corrected chi connectivity index (χ4v) is 4.43. The number of ether oxygens (including phenoxy) is 2. The van der Waals surface area contributed by atoms with Gasteiger partial charge in [0.1, 0.15) is 17.5 Å². The fraction of sp³-hybridized carbons (Fsp3) is 0.800. The highest BCUT2D eigenvalue weighted by atomic mass is 32.2. The van der Waals surface area contributed by atoms with Gasteiger partial charge in [-0.15, -0.1) is 11.8 Å². The van der Waals surface area contributed by atoms with E-state index in [9.17, 15) is 4.79 Å². The van der Waals surface area contributed by atoms with Crippen molar-refractivity contribution >= 4 is 17.6 Å². The molecule has 1 aliphatic rings. The number of thioether (sulfide) groups is 1. The van der Waals surface area contributed by atoms with Crippen LogP contribution in [-0.2, 0) is 9.47 Å². The summed E-state index contributed by atoms with van der Waals surface area (Å²) in [6.07, 6.45) is 1.49. The van der Waals surface area contributed by atoms with E-state index in [0.717, 1.165) is 0 Å². The second-order valence-electron chi connectivity index (χ2n) is 9.93. The van der Waals surface area contributed by atoms with Gasteiger partial charge in [0.25, 0.3) is 0 Å². The van der Waals surface area contributed by atoms with Gasteiger partial charge in [0.05, 0.1) is 12.2 Å². The van der Waals surface area contributed by atoms with Crippen LogP contribution < -0.4 is 10.6 Å². The molecular formula is C20H35N3O3S. The van der Waals surface area contributed by atoms with Crippen LogP contribution in [0.4, 0.5) is 5.82 Å². The van der Waals surface area contributed by atoms with Crippen molar-refractivity contribution in [3.63, 3.8) is 0 Å². The van der Waals surface area contributed by atoms with Crippen molar-refractivity contribution in [2.45, 2.75) is 90.7 Å². The second kappa shape index (κ2) is 7.76. The minimum absolute atomic E-state index is 0.0681. The van der Waals surface area contributed by atoms with Crippen molar-refractivity contribution < 1.29 is 9.47 Å². The normalized spacial score (nSPS) is 21.5. The maximum absolute atomic E-state index is 12.7. The molecule has 2 atom stereocenters. The average molecular weight is 398 g/mol. The minimum Gasteiger partial charge on any atom is -0.372 e. The summed E-state index contributed by atoms with van der Waals surface area (Å²) in [5.41, 5.74) is -0.862. The first kappa shape index (κ1) is 22.2. The Bertz CT molecular complexity index is 684. The topological polar surface area (TPSA) is 56.6 Å². The van der Waals surface area contributed by atoms with Gasteiger partial charge in [-0.3, -0.25) is 4.57 Å². The standard InChI is InChI=1S/C20H35N3O3S/c1-18(2,3)23(19(4,5)6)14-10-11-22(17(24)21-14)15-13-27-16(26-15)12-25-20(7,8)9/h10-11,15-16H,12-13H2,1-9H3/t15-,16+/m0/s1. The molecule has 0 bridgehead atoms. The van der Waals surface area contributed by atoms with Crippen molar-refractivity contribution in [1.82, 2.24) is 9.55 Å². The number of nitrogens with zero attached hydrogens (tertiary/aromatic N) is 3. The third-order valence-electron chi connectivity index (χ3n) is 4.08. The highest BCUT2D eigenvalue weighted by Gasteiger charge is 2.34. The molecule has 154 valence electrons. The van der Waals surface area contributed by atoms with Crippen molar-refractivity contribution in [2.75, 3.05) is 17.3 Å². The van der Waals surface area contributed by atoms with Gasteiger partial charge >= 0.3 is 5.69 Å². The molecule has 27 heavy (non-hydrogen) atoms. The quantitative estimate of drug-likeness (QED) is 0.764. The van der Waals surface area contributed by atoms with E-state index in [1.807, 2.05) is 26.8 Å². The second-order valence-corrected chi connectivity index (χ2v) is 11.1. The van der Waals surface area contributed by atoms with Crippen LogP contribution >= 0.6 is 11.8 Å². The molecule has 6 nitrogen and oxygen atoms in total. The van der Waals surface area contributed by atoms with Gasteiger partial charge in [0.15, 0.2) is 0 Å². The van der Waals surface area contributed by atoms with Crippen molar-refractivity contribution in [2.24, 2.45) is 0 Å². The number of rotatable bonds is 4. The van der Waals surface area contributed by atoms with Crippen LogP contribution in [0.15, 0.2) is 17.1 Å². The lowest BCUT2D eigenvalue weighted by atomic mass is 9.96. The summed E-state index contributed by atoms with van der Waals surface area (Å²) in [4.78, 5) is 19.3. The van der Waals surface area contributed by atoms with Crippen molar-refractivity contribution in [3.8, 4) is 0 Å². The maximum Gasteiger partial charge on any atom is 0.351 e. The molecule has 0 saturated carbocycles. The van der Waals surface area contributed by atoms with E-state index in [0.29, 0.717) is 18.2 Å². The Balaban J connectivity index is 2.17. The molecule has 0 N–H and O–H groups in total. The van der Waals surface area contributed by atoms with Gasteiger partial charge < -0.3 is 14.4 Å². The molecule has 2 heterocycles. The van der Waals surface area contributed by atoms with E-state index in [1.54, 1.807) is 22.5 Å². The van der Waals surface area contributed by atoms with E-state index in [-0.39, 0.29) is 34.0 Å². The lowest BCUT2D eigenvalue weighted by Gasteiger charge is -2.46. The van der Waals surface area contributed by atoms with Gasteiger partial charge in [0.2, 0.25) is 0 Å². The van der Waals surface area contributed by atoms with Crippen LogP contribution in [0.5, 0.6) is 0 Å². The Morgan fingerprint density at radius 2 is 1.78 bits per heavy atom. The lowest BCUT2D eigenvalue weighted by Crippen LogP contribution is -2.54. The summed E-state index contributed by atoms with van der Waals surface area (Å²) >= 11 is 1.67. The highest BCUT2D eigenvalue weighted by Crippen LogP contribution is 2.33. The Hall–Kier alpha value is -1.05. The maximum atomic E-state index is 12.7. The van der Waals surface area contributed by atoms with E-state index < -0.39 is 0 Å². The first-order valence-electron chi connectivity index (χ1n) is 9.49. The Morgan fingerprint density at radius 1 is 1.19 bits per heavy atom. The zero-order chi connectivity index (χ0) is 20.6. The van der Waals surface area contributed by atoms with E-state index in [4.69, 9.17) is 9.47 Å². The van der Waals surface area contributed by atoms with Gasteiger partial charge in [-0.1, -0.05) is 0 Å². The predicted octanol–water partition coefficient (Wildman–Crippen LogP) is 4.05. The monoisotopic (exact) mass is 397 g/mol. The molecule has 1 aliphatic heterocycles. The molecule has 1 saturated heterocycles. The van der Waals surface area contributed by atoms with Gasteiger partial charge in [0, 0.05) is 23.0 Å². The van der Waals surface area contributed by atoms with Gasteiger partial charge in [-0.05, 0) is 68.4 Å². The predicted molar refractivity (Wildman–Crippen MR) is 113 cm³/mol. The summed E-state index contributed by atoms with van der Waals surface area (Å²) in [6, 6.07) is 1.91. The summed E-state index contributed by atoms with van der Waals surface area (Å²) in [6.45, 7) is 19.3. The molecular weight excluding hydrogens is 362 g/mol. The number of aromatic nitrogens is 2. The molecule has 7 heteroatoms. The SMILES string of the molecule is CC(C)(C)OC[C@@H]1O[C@H](n2ccc(N(C(C)(C)C)C(C)(C)C)nc2=O)CS1. The molecule has 0 radical (unpaired) electrons. The van der Waals surface area contributed by atoms with E-state index in [2.05, 4.69) is 51.4 Å². The van der Waals surface area contributed by atoms with Crippen LogP contribution in [0.2, 0.25) is 0 Å². The third-order valence-corrected chi connectivity index (χ3v) is 5.18. The Morgan fingerprint density at radius 3 is 2.26 bits per heavy atom. The highest BCUT2D eigenvalue weighted by molar-refractivity contribution is 8.00. The zero-order valence-corrected chi connectivity index (χ0v) is 19.0. The van der Waals surface area contributed by atoms with Gasteiger partial charge in [-0.2, -0.15) is 4.98 Å². The number of hydrogen-bond donors (Lipinski definition) is 0. The largest absolute Gasteiger partial charge is 0.372 e. The molecule has 1 aromatic heterocycles. The molecule has 0 aliphatic carbocycles.